The zero-order chi connectivity index (χ0) is 10.6. The van der Waals surface area contributed by atoms with E-state index in [0.29, 0.717) is 19.4 Å². The van der Waals surface area contributed by atoms with Crippen LogP contribution in [0.3, 0.4) is 0 Å². The van der Waals surface area contributed by atoms with E-state index in [-0.39, 0.29) is 17.1 Å². The van der Waals surface area contributed by atoms with Crippen LogP contribution >= 0.6 is 11.8 Å². The smallest absolute Gasteiger partial charge is 0.284 e. The van der Waals surface area contributed by atoms with Crippen LogP contribution in [0.4, 0.5) is 4.79 Å². The van der Waals surface area contributed by atoms with Gasteiger partial charge in [-0.25, -0.2) is 0 Å². The molecule has 14 heavy (non-hydrogen) atoms. The zero-order valence-corrected chi connectivity index (χ0v) is 8.74. The standard InChI is InChI=1S/C9H15NO3S/c1-2-3-5-10-8(12)7(4-6-11)14-9(10)13/h2,7-8,11-12H,1,3-6H2. The minimum Gasteiger partial charge on any atom is -0.396 e. The average Bonchev–Trinajstić information content (AvgIpc) is 2.41. The number of hydrogen-bond acceptors (Lipinski definition) is 4. The van der Waals surface area contributed by atoms with Crippen LogP contribution in [0.5, 0.6) is 0 Å². The summed E-state index contributed by atoms with van der Waals surface area (Å²) in [7, 11) is 0. The number of hydrogen-bond donors (Lipinski definition) is 2. The van der Waals surface area contributed by atoms with E-state index in [0.717, 1.165) is 11.8 Å². The number of amides is 1. The van der Waals surface area contributed by atoms with E-state index in [1.807, 2.05) is 0 Å². The molecule has 0 bridgehead atoms. The highest BCUT2D eigenvalue weighted by Crippen LogP contribution is 2.32. The second-order valence-corrected chi connectivity index (χ2v) is 4.31. The van der Waals surface area contributed by atoms with Gasteiger partial charge in [0.15, 0.2) is 0 Å². The Kier molecular flexibility index (Phi) is 4.44. The van der Waals surface area contributed by atoms with Crippen LogP contribution in [0, 0.1) is 0 Å². The van der Waals surface area contributed by atoms with Crippen molar-refractivity contribution in [3.8, 4) is 0 Å². The van der Waals surface area contributed by atoms with E-state index < -0.39 is 6.23 Å². The molecule has 0 saturated carbocycles. The van der Waals surface area contributed by atoms with Crippen LogP contribution in [0.25, 0.3) is 0 Å². The van der Waals surface area contributed by atoms with Crippen molar-refractivity contribution in [3.05, 3.63) is 12.7 Å². The molecule has 5 heteroatoms. The number of aliphatic hydroxyl groups is 2. The normalized spacial score (nSPS) is 27.0. The van der Waals surface area contributed by atoms with Gasteiger partial charge in [-0.15, -0.1) is 6.58 Å². The summed E-state index contributed by atoms with van der Waals surface area (Å²) in [6.45, 7) is 4.06. The zero-order valence-electron chi connectivity index (χ0n) is 7.93. The third-order valence-corrected chi connectivity index (χ3v) is 3.34. The van der Waals surface area contributed by atoms with Crippen LogP contribution in [-0.2, 0) is 0 Å². The van der Waals surface area contributed by atoms with Crippen LogP contribution in [0.2, 0.25) is 0 Å². The number of thioether (sulfide) groups is 1. The first-order valence-corrected chi connectivity index (χ1v) is 5.45. The van der Waals surface area contributed by atoms with Crippen LogP contribution in [0.1, 0.15) is 12.8 Å². The van der Waals surface area contributed by atoms with Gasteiger partial charge in [-0.2, -0.15) is 0 Å². The Hall–Kier alpha value is -0.520. The lowest BCUT2D eigenvalue weighted by atomic mass is 10.2. The number of rotatable bonds is 5. The summed E-state index contributed by atoms with van der Waals surface area (Å²) in [5.41, 5.74) is 0. The van der Waals surface area contributed by atoms with E-state index in [4.69, 9.17) is 5.11 Å². The fraction of sp³-hybridized carbons (Fsp3) is 0.667. The third-order valence-electron chi connectivity index (χ3n) is 2.13. The Bertz CT molecular complexity index is 222. The minimum atomic E-state index is -0.764. The molecule has 0 aromatic carbocycles. The lowest BCUT2D eigenvalue weighted by molar-refractivity contribution is 0.0423. The summed E-state index contributed by atoms with van der Waals surface area (Å²) in [5, 5.41) is 18.1. The molecule has 2 unspecified atom stereocenters. The third kappa shape index (κ3) is 2.50. The highest BCUT2D eigenvalue weighted by atomic mass is 32.2. The Labute approximate surface area is 87.6 Å². The van der Waals surface area contributed by atoms with Crippen molar-refractivity contribution >= 4 is 17.0 Å². The first kappa shape index (κ1) is 11.6. The lowest BCUT2D eigenvalue weighted by Crippen LogP contribution is -2.37. The quantitative estimate of drug-likeness (QED) is 0.669. The van der Waals surface area contributed by atoms with Crippen LogP contribution in [0.15, 0.2) is 12.7 Å². The molecule has 1 rings (SSSR count). The summed E-state index contributed by atoms with van der Waals surface area (Å²) in [6, 6.07) is 0. The largest absolute Gasteiger partial charge is 0.396 e. The van der Waals surface area contributed by atoms with Crippen molar-refractivity contribution in [2.75, 3.05) is 13.2 Å². The van der Waals surface area contributed by atoms with E-state index in [9.17, 15) is 9.90 Å². The molecule has 0 aromatic heterocycles. The molecule has 1 amide bonds. The topological polar surface area (TPSA) is 60.8 Å². The Morgan fingerprint density at radius 1 is 1.64 bits per heavy atom. The average molecular weight is 217 g/mol. The molecule has 0 radical (unpaired) electrons. The van der Waals surface area contributed by atoms with Gasteiger partial charge >= 0.3 is 0 Å². The molecule has 2 N–H and O–H groups in total. The number of carbonyl (C=O) groups excluding carboxylic acids is 1. The fourth-order valence-corrected chi connectivity index (χ4v) is 2.44. The van der Waals surface area contributed by atoms with Gasteiger partial charge in [0.05, 0.1) is 5.25 Å². The summed E-state index contributed by atoms with van der Waals surface area (Å²) < 4.78 is 0. The van der Waals surface area contributed by atoms with E-state index in [2.05, 4.69) is 6.58 Å². The van der Waals surface area contributed by atoms with Gasteiger partial charge in [-0.05, 0) is 12.8 Å². The molecule has 1 saturated heterocycles. The minimum absolute atomic E-state index is 0.00267. The fourth-order valence-electron chi connectivity index (χ4n) is 1.36. The molecular formula is C9H15NO3S. The molecule has 0 aliphatic carbocycles. The van der Waals surface area contributed by atoms with Gasteiger partial charge in [-0.1, -0.05) is 17.8 Å². The molecule has 1 fully saturated rings. The molecule has 1 heterocycles. The van der Waals surface area contributed by atoms with Gasteiger partial charge < -0.3 is 15.1 Å². The molecule has 0 aromatic rings. The Morgan fingerprint density at radius 3 is 2.93 bits per heavy atom. The second-order valence-electron chi connectivity index (χ2n) is 3.12. The van der Waals surface area contributed by atoms with E-state index in [1.165, 1.54) is 4.90 Å². The van der Waals surface area contributed by atoms with E-state index >= 15 is 0 Å². The van der Waals surface area contributed by atoms with Crippen molar-refractivity contribution in [1.29, 1.82) is 0 Å². The first-order chi connectivity index (χ1) is 6.70. The van der Waals surface area contributed by atoms with Gasteiger partial charge in [0.25, 0.3) is 5.24 Å². The van der Waals surface area contributed by atoms with Crippen molar-refractivity contribution in [2.24, 2.45) is 0 Å². The predicted octanol–water partition coefficient (Wildman–Crippen LogP) is 0.801. The van der Waals surface area contributed by atoms with Crippen LogP contribution < -0.4 is 0 Å². The monoisotopic (exact) mass is 217 g/mol. The molecule has 0 spiro atoms. The van der Waals surface area contributed by atoms with Crippen molar-refractivity contribution in [1.82, 2.24) is 4.90 Å². The van der Waals surface area contributed by atoms with Crippen LogP contribution in [-0.4, -0.2) is 45.0 Å². The van der Waals surface area contributed by atoms with Crippen molar-refractivity contribution in [2.45, 2.75) is 24.3 Å². The van der Waals surface area contributed by atoms with Gasteiger partial charge in [-0.3, -0.25) is 4.79 Å². The highest BCUT2D eigenvalue weighted by molar-refractivity contribution is 8.14. The molecule has 1 aliphatic heterocycles. The summed E-state index contributed by atoms with van der Waals surface area (Å²) >= 11 is 1.10. The summed E-state index contributed by atoms with van der Waals surface area (Å²) in [4.78, 5) is 12.8. The maximum absolute atomic E-state index is 11.4. The maximum Gasteiger partial charge on any atom is 0.284 e. The molecule has 2 atom stereocenters. The number of carbonyl (C=O) groups is 1. The number of aliphatic hydroxyl groups excluding tert-OH is 2. The molecular weight excluding hydrogens is 202 g/mol. The summed E-state index contributed by atoms with van der Waals surface area (Å²) in [5.74, 6) is 0. The molecule has 80 valence electrons. The van der Waals surface area contributed by atoms with Crippen molar-refractivity contribution in [3.63, 3.8) is 0 Å². The van der Waals surface area contributed by atoms with Gasteiger partial charge in [0.1, 0.15) is 6.23 Å². The molecule has 1 aliphatic rings. The lowest BCUT2D eigenvalue weighted by Gasteiger charge is -2.21. The highest BCUT2D eigenvalue weighted by Gasteiger charge is 2.38. The summed E-state index contributed by atoms with van der Waals surface area (Å²) in [6.07, 6.45) is 2.07. The van der Waals surface area contributed by atoms with Gasteiger partial charge in [0, 0.05) is 13.2 Å². The van der Waals surface area contributed by atoms with E-state index in [1.54, 1.807) is 6.08 Å². The Morgan fingerprint density at radius 2 is 2.36 bits per heavy atom. The Balaban J connectivity index is 2.51. The second kappa shape index (κ2) is 5.38. The van der Waals surface area contributed by atoms with Gasteiger partial charge in [0.2, 0.25) is 0 Å². The molecule has 4 nitrogen and oxygen atoms in total. The first-order valence-electron chi connectivity index (χ1n) is 4.57. The maximum atomic E-state index is 11.4. The predicted molar refractivity (Wildman–Crippen MR) is 56.0 cm³/mol. The SMILES string of the molecule is C=CCCN1C(=O)SC(CCO)C1O. The van der Waals surface area contributed by atoms with Crippen molar-refractivity contribution < 1.29 is 15.0 Å². The number of nitrogens with zero attached hydrogens (tertiary/aromatic N) is 1.